The lowest BCUT2D eigenvalue weighted by Gasteiger charge is -2.04. The summed E-state index contributed by atoms with van der Waals surface area (Å²) in [4.78, 5) is 7.73. The number of aryl methyl sites for hydroxylation is 5. The first-order valence-electron chi connectivity index (χ1n) is 12.4. The lowest BCUT2D eigenvalue weighted by atomic mass is 10.1. The number of benzene rings is 2. The molecule has 0 atom stereocenters. The third-order valence-electron chi connectivity index (χ3n) is 5.22. The molecule has 2 aromatic heterocycles. The van der Waals surface area contributed by atoms with Crippen LogP contribution in [0.2, 0.25) is 0 Å². The number of nitrogens with zero attached hydrogens (tertiary/aromatic N) is 3. The molecule has 38 heavy (non-hydrogen) atoms. The molecule has 3 nitrogen and oxygen atoms in total. The topological polar surface area (TPSA) is 28.8 Å². The van der Waals surface area contributed by atoms with Crippen molar-refractivity contribution < 1.29 is 8.97 Å². The first kappa shape index (κ1) is 31.7. The van der Waals surface area contributed by atoms with Crippen LogP contribution in [0.5, 0.6) is 0 Å². The van der Waals surface area contributed by atoms with Crippen molar-refractivity contribution in [3.8, 4) is 0 Å². The van der Waals surface area contributed by atoms with Crippen LogP contribution < -0.4 is 0 Å². The highest BCUT2D eigenvalue weighted by molar-refractivity contribution is 5.24. The van der Waals surface area contributed by atoms with Gasteiger partial charge in [0.1, 0.15) is 5.82 Å². The maximum atomic E-state index is 12.3. The Morgan fingerprint density at radius 3 is 1.53 bits per heavy atom. The number of pyridine rings is 2. The predicted molar refractivity (Wildman–Crippen MR) is 160 cm³/mol. The molecule has 1 aliphatic heterocycles. The van der Waals surface area contributed by atoms with Crippen molar-refractivity contribution in [2.45, 2.75) is 41.5 Å². The highest BCUT2D eigenvalue weighted by Crippen LogP contribution is 2.04. The molecule has 0 amide bonds. The van der Waals surface area contributed by atoms with Crippen molar-refractivity contribution in [1.29, 1.82) is 0 Å². The van der Waals surface area contributed by atoms with E-state index in [1.54, 1.807) is 42.2 Å². The largest absolute Gasteiger partial charge is 0.301 e. The predicted octanol–water partition coefficient (Wildman–Crippen LogP) is 8.55. The van der Waals surface area contributed by atoms with Crippen LogP contribution in [0.25, 0.3) is 0 Å². The smallest absolute Gasteiger partial charge is 0.126 e. The Hall–Kier alpha value is -4.31. The number of hydrogen-bond acceptors (Lipinski definition) is 2. The fourth-order valence-electron chi connectivity index (χ4n) is 2.62. The molecule has 0 N–H and O–H groups in total. The minimum Gasteiger partial charge on any atom is -0.301 e. The number of aromatic nitrogens is 2. The van der Waals surface area contributed by atoms with Gasteiger partial charge in [0, 0.05) is 24.8 Å². The Bertz CT molecular complexity index is 1140. The summed E-state index contributed by atoms with van der Waals surface area (Å²) >= 11 is 0. The fraction of sp³-hybridized carbons (Fsp3) is 0.176. The van der Waals surface area contributed by atoms with Gasteiger partial charge in [-0.2, -0.15) is 0 Å². The minimum atomic E-state index is -0.132. The lowest BCUT2D eigenvalue weighted by Crippen LogP contribution is -1.97. The van der Waals surface area contributed by atoms with Gasteiger partial charge in [0.2, 0.25) is 0 Å². The van der Waals surface area contributed by atoms with Gasteiger partial charge in [0.25, 0.3) is 0 Å². The molecule has 3 heterocycles. The van der Waals surface area contributed by atoms with Gasteiger partial charge in [-0.25, -0.2) is 4.39 Å². The van der Waals surface area contributed by atoms with Crippen molar-refractivity contribution in [3.63, 3.8) is 0 Å². The first-order valence-corrected chi connectivity index (χ1v) is 12.4. The van der Waals surface area contributed by atoms with Gasteiger partial charge in [0.05, 0.1) is 19.5 Å². The Kier molecular flexibility index (Phi) is 15.8. The maximum absolute atomic E-state index is 12.3. The van der Waals surface area contributed by atoms with E-state index in [-0.39, 0.29) is 5.82 Å². The highest BCUT2D eigenvalue weighted by atomic mass is 19.1. The zero-order chi connectivity index (χ0) is 28.2. The van der Waals surface area contributed by atoms with E-state index in [4.69, 9.17) is 0 Å². The van der Waals surface area contributed by atoms with E-state index in [9.17, 15) is 4.39 Å². The van der Waals surface area contributed by atoms with Crippen LogP contribution in [-0.4, -0.2) is 21.3 Å². The number of hydrogen-bond donors (Lipinski definition) is 0. The van der Waals surface area contributed by atoms with Crippen LogP contribution in [0.4, 0.5) is 4.39 Å². The summed E-state index contributed by atoms with van der Waals surface area (Å²) in [6.07, 6.45) is 13.1. The summed E-state index contributed by atoms with van der Waals surface area (Å²) in [5.41, 5.74) is 7.18. The van der Waals surface area contributed by atoms with E-state index in [0.29, 0.717) is 5.56 Å². The third kappa shape index (κ3) is 15.6. The summed E-state index contributed by atoms with van der Waals surface area (Å²) in [5, 5.41) is 0. The van der Waals surface area contributed by atoms with E-state index < -0.39 is 0 Å². The minimum absolute atomic E-state index is 0.132. The van der Waals surface area contributed by atoms with Gasteiger partial charge in [-0.3, -0.25) is 9.97 Å². The average molecular weight is 510 g/mol. The quantitative estimate of drug-likeness (QED) is 0.175. The standard InChI is InChI=1S/C8H10.C7H7F.C7H9N.2C6H7N/c1-7-5-3-4-6-8(7)2;1-6-4-2-3-5-7(6)8;1-7-3-5-8(2)6-4-7;1-6-2-4-7-5-3-6;1-6-3-2-4-7-5-6/h3-6H,1-2H3;2-5H,1H3;3-6H,2H2,1H3;2*2-5H,1H3. The van der Waals surface area contributed by atoms with Gasteiger partial charge in [-0.1, -0.05) is 67.6 Å². The molecular formula is C34H40FN3. The monoisotopic (exact) mass is 509 g/mol. The highest BCUT2D eigenvalue weighted by Gasteiger charge is 1.90. The summed E-state index contributed by atoms with van der Waals surface area (Å²) in [5.74, 6) is -0.132. The average Bonchev–Trinajstić information content (AvgIpc) is 2.92. The first-order chi connectivity index (χ1) is 18.2. The Balaban J connectivity index is 0.000000238. The van der Waals surface area contributed by atoms with Gasteiger partial charge in [-0.15, -0.1) is 5.57 Å². The molecule has 4 heteroatoms. The summed E-state index contributed by atoms with van der Waals surface area (Å²) in [6.45, 7) is 17.7. The zero-order valence-corrected chi connectivity index (χ0v) is 23.5. The molecule has 0 saturated heterocycles. The van der Waals surface area contributed by atoms with Crippen molar-refractivity contribution in [1.82, 2.24) is 9.97 Å². The van der Waals surface area contributed by atoms with Crippen molar-refractivity contribution in [3.05, 3.63) is 162 Å². The Labute approximate surface area is 228 Å². The van der Waals surface area contributed by atoms with Crippen LogP contribution in [0.1, 0.15) is 34.7 Å². The zero-order valence-electron chi connectivity index (χ0n) is 23.5. The van der Waals surface area contributed by atoms with E-state index in [1.165, 1.54) is 33.9 Å². The van der Waals surface area contributed by atoms with Crippen LogP contribution in [0, 0.1) is 47.0 Å². The second kappa shape index (κ2) is 18.9. The van der Waals surface area contributed by atoms with Crippen LogP contribution in [0.3, 0.4) is 0 Å². The van der Waals surface area contributed by atoms with E-state index in [0.717, 1.165) is 0 Å². The molecule has 4 aromatic rings. The lowest BCUT2D eigenvalue weighted by molar-refractivity contribution is -0.395. The van der Waals surface area contributed by atoms with Crippen LogP contribution in [0.15, 0.2) is 122 Å². The summed E-state index contributed by atoms with van der Waals surface area (Å²) in [7, 11) is 0. The van der Waals surface area contributed by atoms with Crippen molar-refractivity contribution in [2.24, 2.45) is 0 Å². The summed E-state index contributed by atoms with van der Waals surface area (Å²) < 4.78 is 14.1. The molecule has 0 bridgehead atoms. The van der Waals surface area contributed by atoms with Gasteiger partial charge in [0.15, 0.2) is 0 Å². The molecule has 2 aromatic carbocycles. The Morgan fingerprint density at radius 1 is 0.658 bits per heavy atom. The SMILES string of the molecule is C=[N+]1C=CC(C)=C[CH-]1.Cc1ccccc1C.Cc1ccccc1F.Cc1cccnc1.Cc1ccncc1. The molecule has 0 aliphatic carbocycles. The molecule has 0 unspecified atom stereocenters. The van der Waals surface area contributed by atoms with Gasteiger partial charge in [-0.05, 0) is 86.7 Å². The Morgan fingerprint density at radius 2 is 1.24 bits per heavy atom. The molecule has 5 rings (SSSR count). The molecule has 0 fully saturated rings. The number of rotatable bonds is 0. The van der Waals surface area contributed by atoms with Crippen LogP contribution in [-0.2, 0) is 0 Å². The van der Waals surface area contributed by atoms with Crippen LogP contribution >= 0.6 is 0 Å². The number of halogens is 1. The van der Waals surface area contributed by atoms with Gasteiger partial charge < -0.3 is 4.58 Å². The van der Waals surface area contributed by atoms with Crippen molar-refractivity contribution in [2.75, 3.05) is 0 Å². The van der Waals surface area contributed by atoms with E-state index in [1.807, 2.05) is 75.3 Å². The molecule has 0 radical (unpaired) electrons. The third-order valence-corrected chi connectivity index (χ3v) is 5.22. The molecule has 198 valence electrons. The second-order valence-electron chi connectivity index (χ2n) is 8.78. The van der Waals surface area contributed by atoms with Crippen molar-refractivity contribution >= 4 is 6.72 Å². The van der Waals surface area contributed by atoms with Gasteiger partial charge >= 0.3 is 0 Å². The van der Waals surface area contributed by atoms with E-state index in [2.05, 4.69) is 61.7 Å². The molecular weight excluding hydrogens is 469 g/mol. The fourth-order valence-corrected chi connectivity index (χ4v) is 2.62. The summed E-state index contributed by atoms with van der Waals surface area (Å²) in [6, 6.07) is 22.9. The van der Waals surface area contributed by atoms with E-state index >= 15 is 0 Å². The molecule has 0 saturated carbocycles. The molecule has 0 spiro atoms. The maximum Gasteiger partial charge on any atom is 0.126 e. The normalized spacial score (nSPS) is 10.8. The molecule has 1 aliphatic rings. The number of allylic oxidation sites excluding steroid dienone is 2. The second-order valence-corrected chi connectivity index (χ2v) is 8.78.